The number of primary amides is 1. The number of alkyl halides is 4. The van der Waals surface area contributed by atoms with Crippen LogP contribution >= 0.6 is 0 Å². The van der Waals surface area contributed by atoms with E-state index in [4.69, 9.17) is 10.5 Å². The van der Waals surface area contributed by atoms with Crippen molar-refractivity contribution in [3.63, 3.8) is 0 Å². The second-order valence-electron chi connectivity index (χ2n) is 11.8. The SMILES string of the molecule is NC(=O)C1CCCN1C(=O)C1(F)C=CC=CC1c1ccc(OCC2CCN(CC3(C(F)(F)F)CCC3)CC2)cc1. The van der Waals surface area contributed by atoms with Crippen molar-refractivity contribution in [1.29, 1.82) is 0 Å². The summed E-state index contributed by atoms with van der Waals surface area (Å²) in [5, 5.41) is 0. The molecule has 2 saturated heterocycles. The Bertz CT molecular complexity index is 1140. The summed E-state index contributed by atoms with van der Waals surface area (Å²) < 4.78 is 62.9. The van der Waals surface area contributed by atoms with Crippen LogP contribution in [0.4, 0.5) is 17.6 Å². The maximum Gasteiger partial charge on any atom is 0.395 e. The van der Waals surface area contributed by atoms with E-state index in [1.807, 2.05) is 4.90 Å². The zero-order chi connectivity index (χ0) is 28.5. The Labute approximate surface area is 232 Å². The highest BCUT2D eigenvalue weighted by Crippen LogP contribution is 2.53. The number of carbonyl (C=O) groups excluding carboxylic acids is 2. The normalized spacial score (nSPS) is 28.9. The van der Waals surface area contributed by atoms with Gasteiger partial charge in [0, 0.05) is 19.0 Å². The summed E-state index contributed by atoms with van der Waals surface area (Å²) in [5.41, 5.74) is 2.19. The summed E-state index contributed by atoms with van der Waals surface area (Å²) >= 11 is 0. The maximum atomic E-state index is 16.3. The van der Waals surface area contributed by atoms with Gasteiger partial charge in [-0.2, -0.15) is 13.2 Å². The van der Waals surface area contributed by atoms with E-state index in [0.717, 1.165) is 12.8 Å². The summed E-state index contributed by atoms with van der Waals surface area (Å²) in [6, 6.07) is 6.16. The van der Waals surface area contributed by atoms with Gasteiger partial charge >= 0.3 is 6.18 Å². The molecule has 2 N–H and O–H groups in total. The minimum Gasteiger partial charge on any atom is -0.493 e. The number of piperidine rings is 1. The van der Waals surface area contributed by atoms with Crippen molar-refractivity contribution in [1.82, 2.24) is 9.80 Å². The summed E-state index contributed by atoms with van der Waals surface area (Å²) in [4.78, 5) is 28.3. The average Bonchev–Trinajstić information content (AvgIpc) is 3.40. The number of nitrogens with zero attached hydrogens (tertiary/aromatic N) is 2. The molecule has 2 aliphatic carbocycles. The largest absolute Gasteiger partial charge is 0.493 e. The molecule has 10 heteroatoms. The number of amides is 2. The first-order valence-corrected chi connectivity index (χ1v) is 14.2. The van der Waals surface area contributed by atoms with Crippen molar-refractivity contribution in [2.75, 3.05) is 32.8 Å². The zero-order valence-corrected chi connectivity index (χ0v) is 22.5. The minimum absolute atomic E-state index is 0.0931. The number of hydrogen-bond donors (Lipinski definition) is 1. The van der Waals surface area contributed by atoms with Gasteiger partial charge in [0.25, 0.3) is 5.91 Å². The van der Waals surface area contributed by atoms with E-state index in [9.17, 15) is 22.8 Å². The van der Waals surface area contributed by atoms with E-state index in [2.05, 4.69) is 0 Å². The predicted molar refractivity (Wildman–Crippen MR) is 142 cm³/mol. The van der Waals surface area contributed by atoms with Crippen LogP contribution in [0.2, 0.25) is 0 Å². The predicted octanol–water partition coefficient (Wildman–Crippen LogP) is 4.90. The molecule has 3 atom stereocenters. The molecule has 218 valence electrons. The van der Waals surface area contributed by atoms with Crippen LogP contribution in [0.25, 0.3) is 0 Å². The van der Waals surface area contributed by atoms with Gasteiger partial charge in [-0.15, -0.1) is 0 Å². The third kappa shape index (κ3) is 5.51. The van der Waals surface area contributed by atoms with Gasteiger partial charge in [0.15, 0.2) is 0 Å². The highest BCUT2D eigenvalue weighted by molar-refractivity contribution is 5.94. The number of nitrogens with two attached hydrogens (primary N) is 1. The van der Waals surface area contributed by atoms with Crippen LogP contribution in [0.5, 0.6) is 5.75 Å². The molecule has 1 saturated carbocycles. The number of hydrogen-bond acceptors (Lipinski definition) is 4. The minimum atomic E-state index is -4.14. The Morgan fingerprint density at radius 1 is 1.00 bits per heavy atom. The molecule has 2 heterocycles. The molecule has 2 aliphatic heterocycles. The fourth-order valence-corrected chi connectivity index (χ4v) is 6.56. The van der Waals surface area contributed by atoms with Gasteiger partial charge in [-0.05, 0) is 81.3 Å². The third-order valence-electron chi connectivity index (χ3n) is 9.25. The van der Waals surface area contributed by atoms with Crippen molar-refractivity contribution >= 4 is 11.8 Å². The smallest absolute Gasteiger partial charge is 0.395 e. The first-order chi connectivity index (χ1) is 19.0. The standard InChI is InChI=1S/C30H37F4N3O3/c31-29(27(39)37-16-3-6-25(37)26(35)38)15-2-1-5-24(29)22-7-9-23(10-8-22)40-19-21-11-17-36(18-12-21)20-28(13-4-14-28)30(32,33)34/h1-2,5,7-10,15,21,24-25H,3-4,6,11-14,16-20H2,(H2,35,38). The Kier molecular flexibility index (Phi) is 8.01. The molecule has 1 aromatic carbocycles. The Morgan fingerprint density at radius 3 is 2.30 bits per heavy atom. The van der Waals surface area contributed by atoms with Crippen molar-refractivity contribution < 1.29 is 31.9 Å². The van der Waals surface area contributed by atoms with E-state index in [0.29, 0.717) is 50.3 Å². The molecule has 0 bridgehead atoms. The van der Waals surface area contributed by atoms with Crippen LogP contribution in [0, 0.1) is 11.3 Å². The number of halogens is 4. The number of likely N-dealkylation sites (tertiary alicyclic amines) is 2. The summed E-state index contributed by atoms with van der Waals surface area (Å²) in [6.07, 6.45) is 5.63. The summed E-state index contributed by atoms with van der Waals surface area (Å²) in [6.45, 7) is 2.10. The number of carbonyl (C=O) groups is 2. The van der Waals surface area contributed by atoms with E-state index in [-0.39, 0.29) is 31.8 Å². The van der Waals surface area contributed by atoms with Crippen LogP contribution in [-0.2, 0) is 9.59 Å². The number of ether oxygens (including phenoxy) is 1. The summed E-state index contributed by atoms with van der Waals surface area (Å²) in [5.74, 6) is -1.40. The van der Waals surface area contributed by atoms with E-state index in [1.54, 1.807) is 36.4 Å². The van der Waals surface area contributed by atoms with E-state index in [1.165, 1.54) is 17.1 Å². The molecule has 3 unspecified atom stereocenters. The van der Waals surface area contributed by atoms with Gasteiger partial charge in [-0.1, -0.05) is 36.8 Å². The molecule has 2 amide bonds. The van der Waals surface area contributed by atoms with Crippen LogP contribution < -0.4 is 10.5 Å². The van der Waals surface area contributed by atoms with Gasteiger partial charge in [0.2, 0.25) is 11.6 Å². The number of benzene rings is 1. The molecular weight excluding hydrogens is 526 g/mol. The van der Waals surface area contributed by atoms with Crippen LogP contribution in [-0.4, -0.2) is 72.3 Å². The molecule has 0 spiro atoms. The topological polar surface area (TPSA) is 75.9 Å². The quantitative estimate of drug-likeness (QED) is 0.457. The molecule has 4 aliphatic rings. The lowest BCUT2D eigenvalue weighted by Gasteiger charge is -2.47. The van der Waals surface area contributed by atoms with Crippen molar-refractivity contribution in [2.45, 2.75) is 68.8 Å². The lowest BCUT2D eigenvalue weighted by molar-refractivity contribution is -0.256. The van der Waals surface area contributed by atoms with Crippen molar-refractivity contribution in [3.8, 4) is 5.75 Å². The maximum absolute atomic E-state index is 16.3. The van der Waals surface area contributed by atoms with Gasteiger partial charge in [0.05, 0.1) is 12.0 Å². The Morgan fingerprint density at radius 2 is 1.70 bits per heavy atom. The lowest BCUT2D eigenvalue weighted by atomic mass is 9.67. The van der Waals surface area contributed by atoms with Crippen LogP contribution in [0.15, 0.2) is 48.6 Å². The molecule has 40 heavy (non-hydrogen) atoms. The van der Waals surface area contributed by atoms with Crippen molar-refractivity contribution in [3.05, 3.63) is 54.1 Å². The molecule has 0 radical (unpaired) electrons. The van der Waals surface area contributed by atoms with Gasteiger partial charge < -0.3 is 20.3 Å². The highest BCUT2D eigenvalue weighted by Gasteiger charge is 2.58. The van der Waals surface area contributed by atoms with E-state index < -0.39 is 41.0 Å². The monoisotopic (exact) mass is 563 g/mol. The Hall–Kier alpha value is -2.88. The first kappa shape index (κ1) is 28.6. The highest BCUT2D eigenvalue weighted by atomic mass is 19.4. The molecule has 1 aromatic rings. The lowest BCUT2D eigenvalue weighted by Crippen LogP contribution is -2.53. The van der Waals surface area contributed by atoms with Crippen molar-refractivity contribution in [2.24, 2.45) is 17.1 Å². The van der Waals surface area contributed by atoms with Gasteiger partial charge in [0.1, 0.15) is 11.8 Å². The first-order valence-electron chi connectivity index (χ1n) is 14.2. The number of rotatable bonds is 8. The fraction of sp³-hybridized carbons (Fsp3) is 0.600. The molecule has 3 fully saturated rings. The molecule has 5 rings (SSSR count). The molecule has 6 nitrogen and oxygen atoms in total. The Balaban J connectivity index is 1.15. The van der Waals surface area contributed by atoms with Gasteiger partial charge in [-0.3, -0.25) is 9.59 Å². The molecule has 0 aromatic heterocycles. The summed E-state index contributed by atoms with van der Waals surface area (Å²) in [7, 11) is 0. The van der Waals surface area contributed by atoms with Gasteiger partial charge in [-0.25, -0.2) is 4.39 Å². The molecular formula is C30H37F4N3O3. The number of allylic oxidation sites excluding steroid dienone is 3. The second-order valence-corrected chi connectivity index (χ2v) is 11.8. The van der Waals surface area contributed by atoms with Crippen LogP contribution in [0.3, 0.4) is 0 Å². The second kappa shape index (κ2) is 11.2. The van der Waals surface area contributed by atoms with Crippen LogP contribution in [0.1, 0.15) is 56.4 Å². The zero-order valence-electron chi connectivity index (χ0n) is 22.5. The van der Waals surface area contributed by atoms with E-state index >= 15 is 4.39 Å². The fourth-order valence-electron chi connectivity index (χ4n) is 6.56. The average molecular weight is 564 g/mol. The third-order valence-corrected chi connectivity index (χ3v) is 9.25.